The van der Waals surface area contributed by atoms with Crippen LogP contribution in [0.4, 0.5) is 5.69 Å². The number of sulfonamides is 1. The lowest BCUT2D eigenvalue weighted by molar-refractivity contribution is -0.118. The number of rotatable bonds is 4. The van der Waals surface area contributed by atoms with Crippen LogP contribution in [0.3, 0.4) is 0 Å². The Hall–Kier alpha value is -2.49. The third-order valence-electron chi connectivity index (χ3n) is 4.37. The molecule has 2 heterocycles. The molecule has 2 aromatic rings. The Morgan fingerprint density at radius 2 is 1.82 bits per heavy atom. The number of carbonyl (C=O) groups excluding carboxylic acids is 1. The van der Waals surface area contributed by atoms with Crippen LogP contribution in [0, 0.1) is 0 Å². The van der Waals surface area contributed by atoms with Crippen molar-refractivity contribution in [2.75, 3.05) is 32.2 Å². The summed E-state index contributed by atoms with van der Waals surface area (Å²) in [5.74, 6) is 1.16. The van der Waals surface area contributed by atoms with Gasteiger partial charge in [-0.05, 0) is 23.8 Å². The first kappa shape index (κ1) is 18.9. The van der Waals surface area contributed by atoms with Crippen molar-refractivity contribution in [2.24, 2.45) is 0 Å². The van der Waals surface area contributed by atoms with Crippen LogP contribution in [-0.4, -0.2) is 45.5 Å². The van der Waals surface area contributed by atoms with Crippen molar-refractivity contribution < 1.29 is 27.4 Å². The van der Waals surface area contributed by atoms with E-state index in [0.29, 0.717) is 30.4 Å². The van der Waals surface area contributed by atoms with Gasteiger partial charge >= 0.3 is 0 Å². The second-order valence-corrected chi connectivity index (χ2v) is 8.78. The number of hydrogen-bond donors (Lipinski definition) is 1. The third-order valence-corrected chi connectivity index (χ3v) is 6.64. The molecule has 1 amide bonds. The summed E-state index contributed by atoms with van der Waals surface area (Å²) in [7, 11) is -2.44. The lowest BCUT2D eigenvalue weighted by Crippen LogP contribution is -2.28. The molecule has 0 saturated carbocycles. The second kappa shape index (κ2) is 7.16. The van der Waals surface area contributed by atoms with E-state index in [2.05, 4.69) is 5.32 Å². The Labute approximate surface area is 167 Å². The molecular weight excluding hydrogens is 408 g/mol. The smallest absolute Gasteiger partial charge is 0.262 e. The molecule has 10 heteroatoms. The molecule has 0 atom stereocenters. The number of hydrogen-bond acceptors (Lipinski definition) is 6. The molecule has 0 fully saturated rings. The van der Waals surface area contributed by atoms with Crippen LogP contribution in [0.2, 0.25) is 5.02 Å². The first-order chi connectivity index (χ1) is 13.3. The van der Waals surface area contributed by atoms with Crippen LogP contribution in [0.5, 0.6) is 17.2 Å². The number of fused-ring (bicyclic) bond motifs is 2. The van der Waals surface area contributed by atoms with Crippen molar-refractivity contribution >= 4 is 33.2 Å². The van der Waals surface area contributed by atoms with Gasteiger partial charge in [-0.15, -0.1) is 0 Å². The maximum absolute atomic E-state index is 13.0. The van der Waals surface area contributed by atoms with Crippen LogP contribution in [0.15, 0.2) is 35.2 Å². The summed E-state index contributed by atoms with van der Waals surface area (Å²) >= 11 is 6.19. The fourth-order valence-electron chi connectivity index (χ4n) is 2.98. The van der Waals surface area contributed by atoms with Crippen molar-refractivity contribution in [2.45, 2.75) is 11.4 Å². The maximum Gasteiger partial charge on any atom is 0.262 e. The highest BCUT2D eigenvalue weighted by molar-refractivity contribution is 7.89. The van der Waals surface area contributed by atoms with E-state index in [1.165, 1.54) is 23.5 Å². The number of anilines is 1. The summed E-state index contributed by atoms with van der Waals surface area (Å²) in [6.07, 6.45) is 0. The summed E-state index contributed by atoms with van der Waals surface area (Å²) in [6.45, 7) is 0.872. The molecule has 0 aromatic heterocycles. The van der Waals surface area contributed by atoms with Crippen molar-refractivity contribution in [3.63, 3.8) is 0 Å². The number of carbonyl (C=O) groups is 1. The quantitative estimate of drug-likeness (QED) is 0.809. The summed E-state index contributed by atoms with van der Waals surface area (Å²) in [5.41, 5.74) is 1.09. The van der Waals surface area contributed by atoms with E-state index < -0.39 is 10.0 Å². The number of nitrogens with zero attached hydrogens (tertiary/aromatic N) is 1. The lowest BCUT2D eigenvalue weighted by Gasteiger charge is -2.23. The van der Waals surface area contributed by atoms with Crippen LogP contribution in [0.25, 0.3) is 0 Å². The number of benzene rings is 2. The minimum atomic E-state index is -3.90. The molecule has 8 nitrogen and oxygen atoms in total. The lowest BCUT2D eigenvalue weighted by atomic mass is 10.2. The monoisotopic (exact) mass is 424 g/mol. The van der Waals surface area contributed by atoms with Gasteiger partial charge in [0.15, 0.2) is 18.1 Å². The van der Waals surface area contributed by atoms with E-state index >= 15 is 0 Å². The third kappa shape index (κ3) is 3.48. The van der Waals surface area contributed by atoms with Gasteiger partial charge in [-0.1, -0.05) is 17.7 Å². The van der Waals surface area contributed by atoms with E-state index in [4.69, 9.17) is 25.8 Å². The summed E-state index contributed by atoms with van der Waals surface area (Å²) < 4.78 is 43.6. The van der Waals surface area contributed by atoms with E-state index in [0.717, 1.165) is 5.56 Å². The van der Waals surface area contributed by atoms with Crippen molar-refractivity contribution in [1.82, 2.24) is 4.31 Å². The van der Waals surface area contributed by atoms with Crippen LogP contribution in [-0.2, 0) is 21.4 Å². The van der Waals surface area contributed by atoms with E-state index in [-0.39, 0.29) is 34.7 Å². The summed E-state index contributed by atoms with van der Waals surface area (Å²) in [6, 6.07) is 8.00. The Morgan fingerprint density at radius 1 is 1.07 bits per heavy atom. The molecule has 2 aliphatic rings. The predicted octanol–water partition coefficient (Wildman–Crippen LogP) is 2.26. The van der Waals surface area contributed by atoms with E-state index in [1.807, 2.05) is 0 Å². The normalized spacial score (nSPS) is 15.6. The van der Waals surface area contributed by atoms with Gasteiger partial charge in [-0.25, -0.2) is 8.42 Å². The topological polar surface area (TPSA) is 94.2 Å². The second-order valence-electron chi connectivity index (χ2n) is 6.35. The van der Waals surface area contributed by atoms with Gasteiger partial charge in [0.2, 0.25) is 10.0 Å². The maximum atomic E-state index is 13.0. The minimum Gasteiger partial charge on any atom is -0.486 e. The number of ether oxygens (including phenoxy) is 3. The van der Waals surface area contributed by atoms with Gasteiger partial charge in [0.05, 0.1) is 10.7 Å². The molecule has 0 unspecified atom stereocenters. The Kier molecular flexibility index (Phi) is 4.82. The average molecular weight is 425 g/mol. The number of nitrogens with one attached hydrogen (secondary N) is 1. The van der Waals surface area contributed by atoms with Gasteiger partial charge < -0.3 is 19.5 Å². The Balaban J connectivity index is 1.60. The minimum absolute atomic E-state index is 0.00132. The zero-order valence-corrected chi connectivity index (χ0v) is 16.5. The molecule has 28 heavy (non-hydrogen) atoms. The highest BCUT2D eigenvalue weighted by Gasteiger charge is 2.28. The zero-order chi connectivity index (χ0) is 19.9. The Morgan fingerprint density at radius 3 is 2.61 bits per heavy atom. The van der Waals surface area contributed by atoms with Crippen LogP contribution < -0.4 is 19.5 Å². The molecule has 2 aliphatic heterocycles. The number of amides is 1. The fourth-order valence-corrected chi connectivity index (χ4v) is 4.65. The van der Waals surface area contributed by atoms with Crippen molar-refractivity contribution in [3.05, 3.63) is 40.9 Å². The average Bonchev–Trinajstić information content (AvgIpc) is 2.67. The molecule has 0 radical (unpaired) electrons. The van der Waals surface area contributed by atoms with E-state index in [9.17, 15) is 13.2 Å². The summed E-state index contributed by atoms with van der Waals surface area (Å²) in [5, 5.41) is 2.59. The highest BCUT2D eigenvalue weighted by atomic mass is 35.5. The molecule has 0 bridgehead atoms. The Bertz CT molecular complexity index is 1060. The predicted molar refractivity (Wildman–Crippen MR) is 102 cm³/mol. The zero-order valence-electron chi connectivity index (χ0n) is 14.9. The van der Waals surface area contributed by atoms with Gasteiger partial charge in [-0.2, -0.15) is 4.31 Å². The first-order valence-electron chi connectivity index (χ1n) is 8.45. The van der Waals surface area contributed by atoms with Gasteiger partial charge in [0, 0.05) is 19.7 Å². The van der Waals surface area contributed by atoms with Gasteiger partial charge in [-0.3, -0.25) is 4.79 Å². The van der Waals surface area contributed by atoms with E-state index in [1.54, 1.807) is 18.2 Å². The molecule has 4 rings (SSSR count). The SMILES string of the molecule is CN(Cc1ccc2c(c1)OCCO2)S(=O)(=O)c1cc2c(cc1Cl)NC(=O)CO2. The summed E-state index contributed by atoms with van der Waals surface area (Å²) in [4.78, 5) is 11.3. The van der Waals surface area contributed by atoms with Crippen molar-refractivity contribution in [1.29, 1.82) is 0 Å². The van der Waals surface area contributed by atoms with Crippen LogP contribution in [0.1, 0.15) is 5.56 Å². The van der Waals surface area contributed by atoms with Crippen molar-refractivity contribution in [3.8, 4) is 17.2 Å². The van der Waals surface area contributed by atoms with Gasteiger partial charge in [0.1, 0.15) is 23.9 Å². The fraction of sp³-hybridized carbons (Fsp3) is 0.278. The first-order valence-corrected chi connectivity index (χ1v) is 10.3. The standard InChI is InChI=1S/C18H17ClN2O6S/c1-21(9-11-2-3-14-16(6-11)26-5-4-25-14)28(23,24)17-8-15-13(7-12(17)19)20-18(22)10-27-15/h2-3,6-8H,4-5,9-10H2,1H3,(H,20,22). The molecule has 148 valence electrons. The van der Waals surface area contributed by atoms with Gasteiger partial charge in [0.25, 0.3) is 5.91 Å². The number of halogens is 1. The molecule has 0 spiro atoms. The molecule has 0 saturated heterocycles. The largest absolute Gasteiger partial charge is 0.486 e. The molecule has 2 aromatic carbocycles. The van der Waals surface area contributed by atoms with Crippen LogP contribution >= 0.6 is 11.6 Å². The molecular formula is C18H17ClN2O6S. The molecule has 1 N–H and O–H groups in total. The highest BCUT2D eigenvalue weighted by Crippen LogP contribution is 2.37. The molecule has 0 aliphatic carbocycles.